The molecular weight excluding hydrogens is 296 g/mol. The number of rotatable bonds is 4. The molecule has 2 aliphatic heterocycles. The fraction of sp³-hybridized carbons (Fsp3) is 0.667. The predicted molar refractivity (Wildman–Crippen MR) is 91.4 cm³/mol. The van der Waals surface area contributed by atoms with Gasteiger partial charge in [0.15, 0.2) is 0 Å². The van der Waals surface area contributed by atoms with Crippen LogP contribution in [0, 0.1) is 5.92 Å². The van der Waals surface area contributed by atoms with E-state index in [1.165, 1.54) is 18.4 Å². The third-order valence-electron chi connectivity index (χ3n) is 5.04. The molecule has 2 fully saturated rings. The van der Waals surface area contributed by atoms with Crippen LogP contribution in [0.3, 0.4) is 0 Å². The first kappa shape index (κ1) is 16.3. The Morgan fingerprint density at radius 2 is 2.23 bits per heavy atom. The number of halogens is 1. The zero-order chi connectivity index (χ0) is 15.4. The second-order valence-corrected chi connectivity index (χ2v) is 6.94. The SMILES string of the molecule is CCC1CC(CN2CCNCC2c2ccccc2Cl)CCO1. The number of piperazine rings is 1. The average Bonchev–Trinajstić information content (AvgIpc) is 2.56. The van der Waals surface area contributed by atoms with E-state index in [1.807, 2.05) is 12.1 Å². The third kappa shape index (κ3) is 3.83. The number of ether oxygens (including phenoxy) is 1. The van der Waals surface area contributed by atoms with Crippen molar-refractivity contribution in [1.29, 1.82) is 0 Å². The fourth-order valence-electron chi connectivity index (χ4n) is 3.76. The van der Waals surface area contributed by atoms with Crippen molar-refractivity contribution in [3.8, 4) is 0 Å². The Morgan fingerprint density at radius 1 is 1.36 bits per heavy atom. The molecule has 4 heteroatoms. The lowest BCUT2D eigenvalue weighted by molar-refractivity contribution is -0.0223. The molecule has 0 radical (unpaired) electrons. The number of hydrogen-bond donors (Lipinski definition) is 1. The van der Waals surface area contributed by atoms with Crippen LogP contribution in [0.1, 0.15) is 37.8 Å². The molecule has 0 bridgehead atoms. The van der Waals surface area contributed by atoms with Gasteiger partial charge in [0.05, 0.1) is 6.10 Å². The summed E-state index contributed by atoms with van der Waals surface area (Å²) >= 11 is 6.44. The van der Waals surface area contributed by atoms with E-state index in [4.69, 9.17) is 16.3 Å². The fourth-order valence-corrected chi connectivity index (χ4v) is 4.02. The average molecular weight is 323 g/mol. The number of hydrogen-bond acceptors (Lipinski definition) is 3. The van der Waals surface area contributed by atoms with Crippen LogP contribution >= 0.6 is 11.6 Å². The van der Waals surface area contributed by atoms with Gasteiger partial charge in [-0.15, -0.1) is 0 Å². The summed E-state index contributed by atoms with van der Waals surface area (Å²) < 4.78 is 5.83. The van der Waals surface area contributed by atoms with Gasteiger partial charge >= 0.3 is 0 Å². The van der Waals surface area contributed by atoms with Gasteiger partial charge in [-0.25, -0.2) is 0 Å². The van der Waals surface area contributed by atoms with Crippen LogP contribution in [0.4, 0.5) is 0 Å². The second kappa shape index (κ2) is 7.78. The first-order chi connectivity index (χ1) is 10.8. The van der Waals surface area contributed by atoms with E-state index in [0.29, 0.717) is 12.1 Å². The Labute approximate surface area is 139 Å². The first-order valence-corrected chi connectivity index (χ1v) is 8.96. The lowest BCUT2D eigenvalue weighted by atomic mass is 9.92. The van der Waals surface area contributed by atoms with Crippen molar-refractivity contribution in [3.63, 3.8) is 0 Å². The van der Waals surface area contributed by atoms with Crippen LogP contribution in [0.2, 0.25) is 5.02 Å². The molecule has 0 aromatic heterocycles. The zero-order valence-electron chi connectivity index (χ0n) is 13.4. The Bertz CT molecular complexity index is 482. The summed E-state index contributed by atoms with van der Waals surface area (Å²) in [7, 11) is 0. The molecule has 1 N–H and O–H groups in total. The maximum absolute atomic E-state index is 6.44. The van der Waals surface area contributed by atoms with Crippen molar-refractivity contribution in [2.75, 3.05) is 32.8 Å². The van der Waals surface area contributed by atoms with Crippen LogP contribution in [-0.2, 0) is 4.74 Å². The maximum Gasteiger partial charge on any atom is 0.0575 e. The summed E-state index contributed by atoms with van der Waals surface area (Å²) in [6, 6.07) is 8.67. The molecular formula is C18H27ClN2O. The number of nitrogens with zero attached hydrogens (tertiary/aromatic N) is 1. The smallest absolute Gasteiger partial charge is 0.0575 e. The monoisotopic (exact) mass is 322 g/mol. The van der Waals surface area contributed by atoms with Gasteiger partial charge in [0, 0.05) is 43.9 Å². The van der Waals surface area contributed by atoms with Crippen molar-refractivity contribution in [2.45, 2.75) is 38.3 Å². The van der Waals surface area contributed by atoms with E-state index >= 15 is 0 Å². The van der Waals surface area contributed by atoms with Gasteiger partial charge in [0.2, 0.25) is 0 Å². The highest BCUT2D eigenvalue weighted by Gasteiger charge is 2.29. The molecule has 2 aliphatic rings. The highest BCUT2D eigenvalue weighted by atomic mass is 35.5. The van der Waals surface area contributed by atoms with Crippen LogP contribution in [0.25, 0.3) is 0 Å². The molecule has 122 valence electrons. The molecule has 0 amide bonds. The standard InChI is InChI=1S/C18H27ClN2O/c1-2-15-11-14(7-10-22-15)13-21-9-8-20-12-18(21)16-5-3-4-6-17(16)19/h3-6,14-15,18,20H,2,7-13H2,1H3. The predicted octanol–water partition coefficient (Wildman–Crippen LogP) is 3.49. The van der Waals surface area contributed by atoms with Crippen LogP contribution in [0.5, 0.6) is 0 Å². The molecule has 0 aliphatic carbocycles. The molecule has 22 heavy (non-hydrogen) atoms. The molecule has 1 aromatic rings. The van der Waals surface area contributed by atoms with E-state index in [-0.39, 0.29) is 0 Å². The normalized spacial score (nSPS) is 30.4. The Kier molecular flexibility index (Phi) is 5.75. The Balaban J connectivity index is 1.69. The second-order valence-electron chi connectivity index (χ2n) is 6.53. The van der Waals surface area contributed by atoms with Gasteiger partial charge in [-0.3, -0.25) is 4.90 Å². The molecule has 3 unspecified atom stereocenters. The third-order valence-corrected chi connectivity index (χ3v) is 5.39. The van der Waals surface area contributed by atoms with Gasteiger partial charge < -0.3 is 10.1 Å². The summed E-state index contributed by atoms with van der Waals surface area (Å²) in [5, 5.41) is 4.41. The minimum Gasteiger partial charge on any atom is -0.378 e. The molecule has 1 aromatic carbocycles. The lowest BCUT2D eigenvalue weighted by Crippen LogP contribution is -2.48. The molecule has 0 saturated carbocycles. The van der Waals surface area contributed by atoms with E-state index in [9.17, 15) is 0 Å². The highest BCUT2D eigenvalue weighted by molar-refractivity contribution is 6.31. The molecule has 0 spiro atoms. The van der Waals surface area contributed by atoms with Crippen LogP contribution < -0.4 is 5.32 Å². The van der Waals surface area contributed by atoms with Gasteiger partial charge in [-0.2, -0.15) is 0 Å². The minimum atomic E-state index is 0.394. The highest BCUT2D eigenvalue weighted by Crippen LogP contribution is 2.31. The summed E-state index contributed by atoms with van der Waals surface area (Å²) in [5.74, 6) is 0.752. The molecule has 3 atom stereocenters. The minimum absolute atomic E-state index is 0.394. The van der Waals surface area contributed by atoms with Gasteiger partial charge in [-0.1, -0.05) is 36.7 Å². The summed E-state index contributed by atoms with van der Waals surface area (Å²) in [4.78, 5) is 2.63. The molecule has 3 nitrogen and oxygen atoms in total. The van der Waals surface area contributed by atoms with Crippen LogP contribution in [-0.4, -0.2) is 43.8 Å². The molecule has 3 rings (SSSR count). The van der Waals surface area contributed by atoms with Crippen molar-refractivity contribution in [3.05, 3.63) is 34.9 Å². The van der Waals surface area contributed by atoms with Crippen LogP contribution in [0.15, 0.2) is 24.3 Å². The summed E-state index contributed by atoms with van der Waals surface area (Å²) in [5.41, 5.74) is 1.26. The quantitative estimate of drug-likeness (QED) is 0.918. The van der Waals surface area contributed by atoms with E-state index < -0.39 is 0 Å². The summed E-state index contributed by atoms with van der Waals surface area (Å²) in [6.07, 6.45) is 3.98. The largest absolute Gasteiger partial charge is 0.378 e. The Morgan fingerprint density at radius 3 is 3.05 bits per heavy atom. The summed E-state index contributed by atoms with van der Waals surface area (Å²) in [6.45, 7) is 7.48. The van der Waals surface area contributed by atoms with E-state index in [2.05, 4.69) is 29.3 Å². The van der Waals surface area contributed by atoms with Crippen molar-refractivity contribution in [1.82, 2.24) is 10.2 Å². The van der Waals surface area contributed by atoms with Gasteiger partial charge in [0.25, 0.3) is 0 Å². The van der Waals surface area contributed by atoms with Crippen molar-refractivity contribution < 1.29 is 4.74 Å². The van der Waals surface area contributed by atoms with Gasteiger partial charge in [0.1, 0.15) is 0 Å². The topological polar surface area (TPSA) is 24.5 Å². The first-order valence-electron chi connectivity index (χ1n) is 8.58. The number of nitrogens with one attached hydrogen (secondary N) is 1. The van der Waals surface area contributed by atoms with Gasteiger partial charge in [-0.05, 0) is 36.8 Å². The van der Waals surface area contributed by atoms with Crippen molar-refractivity contribution in [2.24, 2.45) is 5.92 Å². The Hall–Kier alpha value is -0.610. The zero-order valence-corrected chi connectivity index (χ0v) is 14.2. The maximum atomic E-state index is 6.44. The van der Waals surface area contributed by atoms with Crippen molar-refractivity contribution >= 4 is 11.6 Å². The number of benzene rings is 1. The van der Waals surface area contributed by atoms with E-state index in [0.717, 1.165) is 50.1 Å². The molecule has 2 saturated heterocycles. The van der Waals surface area contributed by atoms with E-state index in [1.54, 1.807) is 0 Å². The molecule has 2 heterocycles. The lowest BCUT2D eigenvalue weighted by Gasteiger charge is -2.40.